The Kier molecular flexibility index (Phi) is 2.96. The Labute approximate surface area is 95.2 Å². The molecule has 16 heavy (non-hydrogen) atoms. The molecule has 88 valence electrons. The molecule has 0 unspecified atom stereocenters. The van der Waals surface area contributed by atoms with E-state index in [2.05, 4.69) is 5.10 Å². The van der Waals surface area contributed by atoms with Gasteiger partial charge in [0.05, 0.1) is 0 Å². The minimum absolute atomic E-state index is 0.0129. The van der Waals surface area contributed by atoms with Crippen LogP contribution in [0.3, 0.4) is 0 Å². The van der Waals surface area contributed by atoms with Gasteiger partial charge in [0.2, 0.25) is 0 Å². The van der Waals surface area contributed by atoms with Crippen LogP contribution in [0.15, 0.2) is 12.3 Å². The first-order valence-electron chi connectivity index (χ1n) is 5.57. The Morgan fingerprint density at radius 1 is 1.69 bits per heavy atom. The number of hydrogen-bond donors (Lipinski definition) is 1. The van der Waals surface area contributed by atoms with Crippen molar-refractivity contribution in [3.63, 3.8) is 0 Å². The Bertz CT molecular complexity index is 381. The number of aromatic nitrogens is 2. The van der Waals surface area contributed by atoms with E-state index >= 15 is 0 Å². The van der Waals surface area contributed by atoms with Crippen LogP contribution in [0.1, 0.15) is 23.3 Å². The van der Waals surface area contributed by atoms with Gasteiger partial charge in [-0.25, -0.2) is 0 Å². The molecule has 0 aromatic carbocycles. The lowest BCUT2D eigenvalue weighted by Crippen LogP contribution is -2.43. The maximum Gasteiger partial charge on any atom is 0.274 e. The van der Waals surface area contributed by atoms with Crippen LogP contribution in [0.2, 0.25) is 0 Å². The van der Waals surface area contributed by atoms with E-state index in [0.717, 1.165) is 19.4 Å². The highest BCUT2D eigenvalue weighted by molar-refractivity contribution is 5.92. The molecule has 0 radical (unpaired) electrons. The second-order valence-electron chi connectivity index (χ2n) is 4.66. The highest BCUT2D eigenvalue weighted by Crippen LogP contribution is 2.26. The van der Waals surface area contributed by atoms with Crippen molar-refractivity contribution in [2.24, 2.45) is 18.7 Å². The fraction of sp³-hybridized carbons (Fsp3) is 0.636. The Morgan fingerprint density at radius 3 is 2.88 bits per heavy atom. The largest absolute Gasteiger partial charge is 0.340 e. The summed E-state index contributed by atoms with van der Waals surface area (Å²) in [5.41, 5.74) is 6.22. The van der Waals surface area contributed by atoms with Crippen molar-refractivity contribution in [2.45, 2.75) is 18.9 Å². The summed E-state index contributed by atoms with van der Waals surface area (Å²) in [7, 11) is 3.63. The topological polar surface area (TPSA) is 64.2 Å². The predicted octanol–water partition coefficient (Wildman–Crippen LogP) is 0.229. The second-order valence-corrected chi connectivity index (χ2v) is 4.66. The molecule has 0 atom stereocenters. The molecule has 1 aromatic rings. The molecule has 1 aliphatic rings. The highest BCUT2D eigenvalue weighted by atomic mass is 16.2. The first-order valence-corrected chi connectivity index (χ1v) is 5.57. The number of rotatable bonds is 3. The van der Waals surface area contributed by atoms with Crippen LogP contribution in [0.25, 0.3) is 0 Å². The van der Waals surface area contributed by atoms with Gasteiger partial charge in [0.1, 0.15) is 5.69 Å². The maximum atomic E-state index is 11.9. The zero-order chi connectivity index (χ0) is 11.7. The van der Waals surface area contributed by atoms with E-state index in [9.17, 15) is 4.79 Å². The number of aryl methyl sites for hydroxylation is 1. The molecule has 0 saturated heterocycles. The molecule has 1 aliphatic carbocycles. The van der Waals surface area contributed by atoms with Gasteiger partial charge in [-0.3, -0.25) is 9.48 Å². The van der Waals surface area contributed by atoms with Gasteiger partial charge in [-0.2, -0.15) is 5.10 Å². The summed E-state index contributed by atoms with van der Waals surface area (Å²) in [5.74, 6) is 0.550. The first kappa shape index (κ1) is 11.1. The minimum Gasteiger partial charge on any atom is -0.340 e. The molecule has 1 aromatic heterocycles. The Balaban J connectivity index is 1.89. The van der Waals surface area contributed by atoms with Crippen LogP contribution in [0, 0.1) is 5.92 Å². The van der Waals surface area contributed by atoms with Crippen molar-refractivity contribution in [1.29, 1.82) is 0 Å². The van der Waals surface area contributed by atoms with Crippen LogP contribution in [-0.2, 0) is 7.05 Å². The molecule has 1 amide bonds. The molecule has 2 rings (SSSR count). The van der Waals surface area contributed by atoms with Gasteiger partial charge in [0.25, 0.3) is 5.91 Å². The third-order valence-electron chi connectivity index (χ3n) is 3.08. The Morgan fingerprint density at radius 2 is 2.38 bits per heavy atom. The van der Waals surface area contributed by atoms with E-state index in [1.54, 1.807) is 21.8 Å². The zero-order valence-corrected chi connectivity index (χ0v) is 9.76. The van der Waals surface area contributed by atoms with Gasteiger partial charge in [-0.15, -0.1) is 0 Å². The number of carbonyl (C=O) groups is 1. The van der Waals surface area contributed by atoms with Crippen molar-refractivity contribution < 1.29 is 4.79 Å². The van der Waals surface area contributed by atoms with Gasteiger partial charge in [-0.05, 0) is 24.8 Å². The lowest BCUT2D eigenvalue weighted by atomic mass is 9.80. The number of hydrogen-bond acceptors (Lipinski definition) is 3. The quantitative estimate of drug-likeness (QED) is 0.796. The van der Waals surface area contributed by atoms with Crippen LogP contribution in [0.5, 0.6) is 0 Å². The van der Waals surface area contributed by atoms with E-state index in [0.29, 0.717) is 17.7 Å². The van der Waals surface area contributed by atoms with E-state index in [1.165, 1.54) is 0 Å². The zero-order valence-electron chi connectivity index (χ0n) is 9.76. The van der Waals surface area contributed by atoms with E-state index in [4.69, 9.17) is 5.73 Å². The molecule has 0 aliphatic heterocycles. The summed E-state index contributed by atoms with van der Waals surface area (Å²) in [6.45, 7) is 0.781. The standard InChI is InChI=1S/C11H18N4O/c1-14(7-8-5-9(12)6-8)11(16)10-3-4-15(2)13-10/h3-4,8-9H,5-7,12H2,1-2H3. The highest BCUT2D eigenvalue weighted by Gasteiger charge is 2.28. The summed E-state index contributed by atoms with van der Waals surface area (Å²) in [6, 6.07) is 2.08. The predicted molar refractivity (Wildman–Crippen MR) is 60.9 cm³/mol. The molecule has 0 spiro atoms. The minimum atomic E-state index is -0.0129. The molecule has 0 bridgehead atoms. The molecule has 1 saturated carbocycles. The molecule has 5 nitrogen and oxygen atoms in total. The van der Waals surface area contributed by atoms with Gasteiger partial charge in [-0.1, -0.05) is 0 Å². The molecule has 2 N–H and O–H groups in total. The number of carbonyl (C=O) groups excluding carboxylic acids is 1. The summed E-state index contributed by atoms with van der Waals surface area (Å²) in [6.07, 6.45) is 3.83. The first-order chi connectivity index (χ1) is 7.56. The number of amides is 1. The third-order valence-corrected chi connectivity index (χ3v) is 3.08. The van der Waals surface area contributed by atoms with Crippen molar-refractivity contribution in [3.05, 3.63) is 18.0 Å². The fourth-order valence-corrected chi connectivity index (χ4v) is 2.13. The number of nitrogens with two attached hydrogens (primary N) is 1. The molecule has 5 heteroatoms. The SMILES string of the molecule is CN(CC1CC(N)C1)C(=O)c1ccn(C)n1. The van der Waals surface area contributed by atoms with E-state index in [-0.39, 0.29) is 5.91 Å². The fourth-order valence-electron chi connectivity index (χ4n) is 2.13. The molecule has 1 fully saturated rings. The Hall–Kier alpha value is -1.36. The lowest BCUT2D eigenvalue weighted by molar-refractivity contribution is 0.0727. The molecular formula is C11H18N4O. The number of nitrogens with zero attached hydrogens (tertiary/aromatic N) is 3. The molecule has 1 heterocycles. The average molecular weight is 222 g/mol. The summed E-state index contributed by atoms with van der Waals surface area (Å²) in [4.78, 5) is 13.7. The van der Waals surface area contributed by atoms with E-state index in [1.807, 2.05) is 14.1 Å². The summed E-state index contributed by atoms with van der Waals surface area (Å²) in [5, 5.41) is 4.10. The summed E-state index contributed by atoms with van der Waals surface area (Å²) < 4.78 is 1.64. The monoisotopic (exact) mass is 222 g/mol. The van der Waals surface area contributed by atoms with Crippen LogP contribution >= 0.6 is 0 Å². The smallest absolute Gasteiger partial charge is 0.274 e. The third kappa shape index (κ3) is 2.24. The van der Waals surface area contributed by atoms with Gasteiger partial charge in [0.15, 0.2) is 0 Å². The van der Waals surface area contributed by atoms with Gasteiger partial charge in [0, 0.05) is 32.9 Å². The average Bonchev–Trinajstić information content (AvgIpc) is 2.61. The van der Waals surface area contributed by atoms with Crippen LogP contribution < -0.4 is 5.73 Å². The lowest BCUT2D eigenvalue weighted by Gasteiger charge is -2.35. The van der Waals surface area contributed by atoms with Gasteiger partial charge >= 0.3 is 0 Å². The maximum absolute atomic E-state index is 11.9. The van der Waals surface area contributed by atoms with Crippen molar-refractivity contribution in [3.8, 4) is 0 Å². The summed E-state index contributed by atoms with van der Waals surface area (Å²) >= 11 is 0. The molecular weight excluding hydrogens is 204 g/mol. The van der Waals surface area contributed by atoms with Gasteiger partial charge < -0.3 is 10.6 Å². The van der Waals surface area contributed by atoms with Crippen molar-refractivity contribution in [2.75, 3.05) is 13.6 Å². The van der Waals surface area contributed by atoms with Crippen molar-refractivity contribution >= 4 is 5.91 Å². The van der Waals surface area contributed by atoms with Crippen molar-refractivity contribution in [1.82, 2.24) is 14.7 Å². The van der Waals surface area contributed by atoms with Crippen LogP contribution in [-0.4, -0.2) is 40.2 Å². The van der Waals surface area contributed by atoms with E-state index < -0.39 is 0 Å². The normalized spacial score (nSPS) is 23.9. The van der Waals surface area contributed by atoms with Crippen LogP contribution in [0.4, 0.5) is 0 Å². The second kappa shape index (κ2) is 4.25.